The second-order valence-corrected chi connectivity index (χ2v) is 5.52. The molecule has 0 spiro atoms. The molecule has 2 aliphatic rings. The van der Waals surface area contributed by atoms with Gasteiger partial charge >= 0.3 is 5.97 Å². The number of carboxylic acid groups (broad SMARTS) is 1. The third-order valence-electron chi connectivity index (χ3n) is 4.40. The molecule has 0 aromatic heterocycles. The van der Waals surface area contributed by atoms with Crippen LogP contribution in [0.2, 0.25) is 0 Å². The summed E-state index contributed by atoms with van der Waals surface area (Å²) in [5.41, 5.74) is 2.90. The van der Waals surface area contributed by atoms with Crippen molar-refractivity contribution in [3.05, 3.63) is 29.3 Å². The molecule has 1 aromatic rings. The molecule has 2 atom stereocenters. The largest absolute Gasteiger partial charge is 0.481 e. The van der Waals surface area contributed by atoms with E-state index in [0.717, 1.165) is 18.7 Å². The predicted octanol–water partition coefficient (Wildman–Crippen LogP) is 1.59. The normalized spacial score (nSPS) is 24.4. The van der Waals surface area contributed by atoms with Crippen LogP contribution in [0.25, 0.3) is 0 Å². The van der Waals surface area contributed by atoms with Gasteiger partial charge in [-0.25, -0.2) is 0 Å². The molecule has 0 aliphatic carbocycles. The van der Waals surface area contributed by atoms with Crippen molar-refractivity contribution < 1.29 is 14.7 Å². The molecule has 0 bridgehead atoms. The molecule has 3 rings (SSSR count). The molecule has 2 unspecified atom stereocenters. The van der Waals surface area contributed by atoms with Gasteiger partial charge in [-0.3, -0.25) is 9.59 Å². The van der Waals surface area contributed by atoms with Gasteiger partial charge in [0.1, 0.15) is 0 Å². The first-order valence-corrected chi connectivity index (χ1v) is 6.98. The summed E-state index contributed by atoms with van der Waals surface area (Å²) in [7, 11) is 0. The number of anilines is 1. The second-order valence-electron chi connectivity index (χ2n) is 5.52. The summed E-state index contributed by atoms with van der Waals surface area (Å²) in [4.78, 5) is 25.3. The van der Waals surface area contributed by atoms with E-state index in [1.165, 1.54) is 5.56 Å². The molecule has 0 radical (unpaired) electrons. The summed E-state index contributed by atoms with van der Waals surface area (Å²) in [5, 5.41) is 12.4. The first-order valence-electron chi connectivity index (χ1n) is 6.98. The van der Waals surface area contributed by atoms with Crippen LogP contribution in [-0.4, -0.2) is 41.0 Å². The van der Waals surface area contributed by atoms with Crippen LogP contribution in [0.3, 0.4) is 0 Å². The van der Waals surface area contributed by atoms with Gasteiger partial charge in [-0.05, 0) is 37.5 Å². The zero-order valence-electron chi connectivity index (χ0n) is 11.4. The van der Waals surface area contributed by atoms with Gasteiger partial charge in [-0.15, -0.1) is 0 Å². The van der Waals surface area contributed by atoms with E-state index < -0.39 is 11.9 Å². The van der Waals surface area contributed by atoms with Crippen molar-refractivity contribution in [3.8, 4) is 0 Å². The fourth-order valence-electron chi connectivity index (χ4n) is 3.15. The van der Waals surface area contributed by atoms with Gasteiger partial charge in [-0.1, -0.05) is 6.07 Å². The number of fused-ring (bicyclic) bond motifs is 1. The van der Waals surface area contributed by atoms with Crippen molar-refractivity contribution in [1.82, 2.24) is 4.90 Å². The van der Waals surface area contributed by atoms with Crippen molar-refractivity contribution in [2.24, 2.45) is 5.92 Å². The summed E-state index contributed by atoms with van der Waals surface area (Å²) >= 11 is 0. The van der Waals surface area contributed by atoms with E-state index in [9.17, 15) is 9.59 Å². The molecular weight excluding hydrogens is 256 g/mol. The number of likely N-dealkylation sites (tertiary alicyclic amines) is 1. The Morgan fingerprint density at radius 2 is 2.20 bits per heavy atom. The number of hydrogen-bond donors (Lipinski definition) is 2. The van der Waals surface area contributed by atoms with E-state index in [1.807, 2.05) is 25.1 Å². The number of hydrogen-bond acceptors (Lipinski definition) is 3. The van der Waals surface area contributed by atoms with Crippen LogP contribution in [0.15, 0.2) is 18.2 Å². The Bertz CT molecular complexity index is 570. The van der Waals surface area contributed by atoms with E-state index in [0.29, 0.717) is 18.5 Å². The molecule has 2 aliphatic heterocycles. The van der Waals surface area contributed by atoms with E-state index in [2.05, 4.69) is 5.32 Å². The number of nitrogens with zero attached hydrogens (tertiary/aromatic N) is 1. The van der Waals surface area contributed by atoms with Gasteiger partial charge in [0, 0.05) is 30.4 Å². The van der Waals surface area contributed by atoms with Crippen LogP contribution in [0.4, 0.5) is 5.69 Å². The zero-order chi connectivity index (χ0) is 14.3. The van der Waals surface area contributed by atoms with E-state index in [-0.39, 0.29) is 11.9 Å². The Balaban J connectivity index is 1.81. The number of carbonyl (C=O) groups is 2. The first kappa shape index (κ1) is 13.0. The van der Waals surface area contributed by atoms with Gasteiger partial charge in [-0.2, -0.15) is 0 Å². The molecular formula is C15H18N2O3. The molecule has 1 aromatic carbocycles. The molecule has 20 heavy (non-hydrogen) atoms. The summed E-state index contributed by atoms with van der Waals surface area (Å²) < 4.78 is 0. The smallest absolute Gasteiger partial charge is 0.308 e. The van der Waals surface area contributed by atoms with Crippen molar-refractivity contribution in [2.75, 3.05) is 18.4 Å². The SMILES string of the molecule is CC1C(C(=O)O)CCN1C(=O)c1ccc2c(c1)NCC2. The fourth-order valence-corrected chi connectivity index (χ4v) is 3.15. The maximum absolute atomic E-state index is 12.5. The minimum absolute atomic E-state index is 0.0715. The van der Waals surface area contributed by atoms with Crippen LogP contribution in [0.5, 0.6) is 0 Å². The Hall–Kier alpha value is -2.04. The quantitative estimate of drug-likeness (QED) is 0.859. The van der Waals surface area contributed by atoms with E-state index >= 15 is 0 Å². The minimum Gasteiger partial charge on any atom is -0.481 e. The highest BCUT2D eigenvalue weighted by atomic mass is 16.4. The van der Waals surface area contributed by atoms with Crippen molar-refractivity contribution in [3.63, 3.8) is 0 Å². The Morgan fingerprint density at radius 1 is 1.40 bits per heavy atom. The van der Waals surface area contributed by atoms with Crippen LogP contribution < -0.4 is 5.32 Å². The summed E-state index contributed by atoms with van der Waals surface area (Å²) in [6.07, 6.45) is 1.52. The number of carboxylic acids is 1. The first-order chi connectivity index (χ1) is 9.58. The number of aliphatic carboxylic acids is 1. The summed E-state index contributed by atoms with van der Waals surface area (Å²) in [6.45, 7) is 3.24. The minimum atomic E-state index is -0.816. The number of amides is 1. The van der Waals surface area contributed by atoms with Crippen molar-refractivity contribution >= 4 is 17.6 Å². The van der Waals surface area contributed by atoms with Crippen LogP contribution in [0, 0.1) is 5.92 Å². The molecule has 5 nitrogen and oxygen atoms in total. The predicted molar refractivity (Wildman–Crippen MR) is 74.9 cm³/mol. The van der Waals surface area contributed by atoms with Gasteiger partial charge in [0.25, 0.3) is 5.91 Å². The number of carbonyl (C=O) groups excluding carboxylic acids is 1. The molecule has 106 valence electrons. The molecule has 0 saturated carbocycles. The third kappa shape index (κ3) is 2.03. The average Bonchev–Trinajstić information content (AvgIpc) is 3.03. The zero-order valence-corrected chi connectivity index (χ0v) is 11.4. The Morgan fingerprint density at radius 3 is 2.90 bits per heavy atom. The second kappa shape index (κ2) is 4.81. The Labute approximate surface area is 117 Å². The molecule has 5 heteroatoms. The van der Waals surface area contributed by atoms with E-state index in [4.69, 9.17) is 5.11 Å². The number of rotatable bonds is 2. The topological polar surface area (TPSA) is 69.6 Å². The molecule has 2 heterocycles. The van der Waals surface area contributed by atoms with Crippen molar-refractivity contribution in [2.45, 2.75) is 25.8 Å². The van der Waals surface area contributed by atoms with Crippen LogP contribution in [-0.2, 0) is 11.2 Å². The summed E-state index contributed by atoms with van der Waals surface area (Å²) in [6, 6.07) is 5.46. The highest BCUT2D eigenvalue weighted by Crippen LogP contribution is 2.28. The number of nitrogens with one attached hydrogen (secondary N) is 1. The number of benzene rings is 1. The molecule has 1 fully saturated rings. The van der Waals surface area contributed by atoms with Crippen LogP contribution >= 0.6 is 0 Å². The lowest BCUT2D eigenvalue weighted by Crippen LogP contribution is -2.37. The molecule has 2 N–H and O–H groups in total. The third-order valence-corrected chi connectivity index (χ3v) is 4.40. The van der Waals surface area contributed by atoms with Gasteiger partial charge < -0.3 is 15.3 Å². The maximum atomic E-state index is 12.5. The summed E-state index contributed by atoms with van der Waals surface area (Å²) in [5.74, 6) is -1.34. The highest BCUT2D eigenvalue weighted by Gasteiger charge is 2.38. The lowest BCUT2D eigenvalue weighted by molar-refractivity contribution is -0.142. The maximum Gasteiger partial charge on any atom is 0.308 e. The average molecular weight is 274 g/mol. The van der Waals surface area contributed by atoms with Crippen molar-refractivity contribution in [1.29, 1.82) is 0 Å². The van der Waals surface area contributed by atoms with Gasteiger partial charge in [0.2, 0.25) is 0 Å². The van der Waals surface area contributed by atoms with E-state index in [1.54, 1.807) is 4.90 Å². The lowest BCUT2D eigenvalue weighted by Gasteiger charge is -2.23. The standard InChI is InChI=1S/C15H18N2O3/c1-9-12(15(19)20)5-7-17(9)14(18)11-3-2-10-4-6-16-13(10)8-11/h2-3,8-9,12,16H,4-7H2,1H3,(H,19,20). The van der Waals surface area contributed by atoms with Gasteiger partial charge in [0.15, 0.2) is 0 Å². The fraction of sp³-hybridized carbons (Fsp3) is 0.467. The highest BCUT2D eigenvalue weighted by molar-refractivity contribution is 5.96. The molecule has 1 saturated heterocycles. The van der Waals surface area contributed by atoms with Crippen LogP contribution in [0.1, 0.15) is 29.3 Å². The monoisotopic (exact) mass is 274 g/mol. The van der Waals surface area contributed by atoms with Gasteiger partial charge in [0.05, 0.1) is 5.92 Å². The molecule has 1 amide bonds. The lowest BCUT2D eigenvalue weighted by atomic mass is 10.0. The Kier molecular flexibility index (Phi) is 3.12.